The maximum atomic E-state index is 9.04. The van der Waals surface area contributed by atoms with Crippen molar-refractivity contribution in [2.24, 2.45) is 0 Å². The van der Waals surface area contributed by atoms with Crippen LogP contribution in [0.15, 0.2) is 42.5 Å². The van der Waals surface area contributed by atoms with Gasteiger partial charge in [0.15, 0.2) is 0 Å². The van der Waals surface area contributed by atoms with Crippen molar-refractivity contribution in [3.63, 3.8) is 0 Å². The second kappa shape index (κ2) is 6.98. The Morgan fingerprint density at radius 3 is 2.30 bits per heavy atom. The summed E-state index contributed by atoms with van der Waals surface area (Å²) in [4.78, 5) is 0. The van der Waals surface area contributed by atoms with Gasteiger partial charge in [-0.2, -0.15) is 0 Å². The van der Waals surface area contributed by atoms with Crippen LogP contribution in [-0.2, 0) is 6.61 Å². The summed E-state index contributed by atoms with van der Waals surface area (Å²) < 4.78 is 0. The van der Waals surface area contributed by atoms with E-state index in [0.717, 1.165) is 23.2 Å². The summed E-state index contributed by atoms with van der Waals surface area (Å²) >= 11 is 12.0. The molecule has 0 saturated carbocycles. The third-order valence-corrected chi connectivity index (χ3v) is 3.97. The quantitative estimate of drug-likeness (QED) is 0.810. The first-order chi connectivity index (χ1) is 9.63. The Kier molecular flexibility index (Phi) is 5.30. The molecule has 0 fully saturated rings. The number of halogens is 2. The minimum Gasteiger partial charge on any atom is -0.392 e. The van der Waals surface area contributed by atoms with Gasteiger partial charge < -0.3 is 10.4 Å². The number of anilines is 1. The molecule has 0 aliphatic heterocycles. The number of nitrogens with one attached hydrogen (secondary N) is 1. The van der Waals surface area contributed by atoms with E-state index < -0.39 is 0 Å². The lowest BCUT2D eigenvalue weighted by Crippen LogP contribution is -2.09. The summed E-state index contributed by atoms with van der Waals surface area (Å²) in [5.74, 6) is 0. The van der Waals surface area contributed by atoms with Gasteiger partial charge in [-0.15, -0.1) is 0 Å². The Labute approximate surface area is 129 Å². The van der Waals surface area contributed by atoms with Crippen molar-refractivity contribution in [2.45, 2.75) is 26.0 Å². The van der Waals surface area contributed by atoms with Crippen molar-refractivity contribution in [1.82, 2.24) is 0 Å². The number of benzene rings is 2. The standard InChI is InChI=1S/C16H17Cl2NO/c1-2-16(12-5-8-14(17)15(18)9-12)19-13-6-3-11(10-20)4-7-13/h3-9,16,19-20H,2,10H2,1H3. The summed E-state index contributed by atoms with van der Waals surface area (Å²) in [7, 11) is 0. The van der Waals surface area contributed by atoms with E-state index in [1.165, 1.54) is 0 Å². The molecular weight excluding hydrogens is 293 g/mol. The zero-order chi connectivity index (χ0) is 14.5. The number of hydrogen-bond donors (Lipinski definition) is 2. The van der Waals surface area contributed by atoms with Gasteiger partial charge >= 0.3 is 0 Å². The van der Waals surface area contributed by atoms with E-state index in [1.807, 2.05) is 42.5 Å². The summed E-state index contributed by atoms with van der Waals surface area (Å²) in [5, 5.41) is 13.6. The molecule has 0 spiro atoms. The molecule has 2 rings (SSSR count). The minimum atomic E-state index is 0.0598. The normalized spacial score (nSPS) is 12.2. The van der Waals surface area contributed by atoms with E-state index in [9.17, 15) is 0 Å². The van der Waals surface area contributed by atoms with Gasteiger partial charge in [-0.25, -0.2) is 0 Å². The molecule has 4 heteroatoms. The van der Waals surface area contributed by atoms with Gasteiger partial charge in [0.2, 0.25) is 0 Å². The SMILES string of the molecule is CCC(Nc1ccc(CO)cc1)c1ccc(Cl)c(Cl)c1. The van der Waals surface area contributed by atoms with Crippen LogP contribution in [0.2, 0.25) is 10.0 Å². The van der Waals surface area contributed by atoms with E-state index in [2.05, 4.69) is 12.2 Å². The molecule has 20 heavy (non-hydrogen) atoms. The molecule has 2 nitrogen and oxygen atoms in total. The van der Waals surface area contributed by atoms with Gasteiger partial charge in [-0.05, 0) is 41.8 Å². The summed E-state index contributed by atoms with van der Waals surface area (Å²) in [6.45, 7) is 2.17. The number of hydrogen-bond acceptors (Lipinski definition) is 2. The van der Waals surface area contributed by atoms with Gasteiger partial charge in [0.05, 0.1) is 22.7 Å². The molecule has 0 bridgehead atoms. The van der Waals surface area contributed by atoms with Gasteiger partial charge in [0.1, 0.15) is 0 Å². The number of aliphatic hydroxyl groups is 1. The van der Waals surface area contributed by atoms with Crippen molar-refractivity contribution < 1.29 is 5.11 Å². The fourth-order valence-corrected chi connectivity index (χ4v) is 2.36. The highest BCUT2D eigenvalue weighted by Gasteiger charge is 2.10. The molecule has 0 amide bonds. The molecule has 2 aromatic rings. The van der Waals surface area contributed by atoms with Crippen LogP contribution in [0, 0.1) is 0 Å². The zero-order valence-corrected chi connectivity index (χ0v) is 12.7. The predicted molar refractivity (Wildman–Crippen MR) is 85.5 cm³/mol. The van der Waals surface area contributed by atoms with Gasteiger partial charge in [0, 0.05) is 5.69 Å². The summed E-state index contributed by atoms with van der Waals surface area (Å²) in [6.07, 6.45) is 0.930. The first-order valence-electron chi connectivity index (χ1n) is 6.55. The average molecular weight is 310 g/mol. The Hall–Kier alpha value is -1.22. The zero-order valence-electron chi connectivity index (χ0n) is 11.2. The lowest BCUT2D eigenvalue weighted by molar-refractivity contribution is 0.282. The van der Waals surface area contributed by atoms with Crippen molar-refractivity contribution in [2.75, 3.05) is 5.32 Å². The minimum absolute atomic E-state index is 0.0598. The molecule has 1 unspecified atom stereocenters. The molecule has 0 radical (unpaired) electrons. The lowest BCUT2D eigenvalue weighted by Gasteiger charge is -2.19. The van der Waals surface area contributed by atoms with Gasteiger partial charge in [-0.1, -0.05) is 48.3 Å². The van der Waals surface area contributed by atoms with Crippen LogP contribution < -0.4 is 5.32 Å². The molecule has 0 aliphatic carbocycles. The van der Waals surface area contributed by atoms with E-state index >= 15 is 0 Å². The average Bonchev–Trinajstić information content (AvgIpc) is 2.48. The van der Waals surface area contributed by atoms with E-state index in [4.69, 9.17) is 28.3 Å². The molecule has 0 saturated heterocycles. The maximum Gasteiger partial charge on any atom is 0.0681 e. The highest BCUT2D eigenvalue weighted by Crippen LogP contribution is 2.29. The fraction of sp³-hybridized carbons (Fsp3) is 0.250. The van der Waals surface area contributed by atoms with Crippen LogP contribution >= 0.6 is 23.2 Å². The van der Waals surface area contributed by atoms with Crippen LogP contribution in [0.3, 0.4) is 0 Å². The van der Waals surface area contributed by atoms with Crippen LogP contribution in [0.4, 0.5) is 5.69 Å². The fourth-order valence-electron chi connectivity index (χ4n) is 2.06. The van der Waals surface area contributed by atoms with E-state index in [-0.39, 0.29) is 12.6 Å². The molecule has 0 aromatic heterocycles. The monoisotopic (exact) mass is 309 g/mol. The Bertz CT molecular complexity index is 569. The second-order valence-electron chi connectivity index (χ2n) is 4.63. The van der Waals surface area contributed by atoms with Gasteiger partial charge in [-0.3, -0.25) is 0 Å². The summed E-state index contributed by atoms with van der Waals surface area (Å²) in [6, 6.07) is 13.6. The Balaban J connectivity index is 2.16. The van der Waals surface area contributed by atoms with Crippen LogP contribution in [-0.4, -0.2) is 5.11 Å². The molecule has 0 aliphatic rings. The molecule has 106 valence electrons. The third-order valence-electron chi connectivity index (χ3n) is 3.23. The summed E-state index contributed by atoms with van der Waals surface area (Å²) in [5.41, 5.74) is 3.02. The first kappa shape index (κ1) is 15.2. The van der Waals surface area contributed by atoms with Crippen LogP contribution in [0.5, 0.6) is 0 Å². The van der Waals surface area contributed by atoms with E-state index in [1.54, 1.807) is 0 Å². The van der Waals surface area contributed by atoms with Crippen molar-refractivity contribution in [3.8, 4) is 0 Å². The first-order valence-corrected chi connectivity index (χ1v) is 7.31. The van der Waals surface area contributed by atoms with Crippen molar-refractivity contribution >= 4 is 28.9 Å². The predicted octanol–water partition coefficient (Wildman–Crippen LogP) is 5.05. The van der Waals surface area contributed by atoms with Crippen molar-refractivity contribution in [3.05, 3.63) is 63.6 Å². The topological polar surface area (TPSA) is 32.3 Å². The third kappa shape index (κ3) is 3.66. The Morgan fingerprint density at radius 2 is 1.75 bits per heavy atom. The van der Waals surface area contributed by atoms with Crippen LogP contribution in [0.1, 0.15) is 30.5 Å². The smallest absolute Gasteiger partial charge is 0.0681 e. The number of rotatable bonds is 5. The molecule has 2 N–H and O–H groups in total. The number of aliphatic hydroxyl groups excluding tert-OH is 1. The highest BCUT2D eigenvalue weighted by molar-refractivity contribution is 6.42. The van der Waals surface area contributed by atoms with Crippen LogP contribution in [0.25, 0.3) is 0 Å². The maximum absolute atomic E-state index is 9.04. The largest absolute Gasteiger partial charge is 0.392 e. The molecular formula is C16H17Cl2NO. The molecule has 1 atom stereocenters. The molecule has 2 aromatic carbocycles. The second-order valence-corrected chi connectivity index (χ2v) is 5.45. The Morgan fingerprint density at radius 1 is 1.05 bits per heavy atom. The van der Waals surface area contributed by atoms with Gasteiger partial charge in [0.25, 0.3) is 0 Å². The molecule has 0 heterocycles. The lowest BCUT2D eigenvalue weighted by atomic mass is 10.0. The highest BCUT2D eigenvalue weighted by atomic mass is 35.5. The van der Waals surface area contributed by atoms with E-state index in [0.29, 0.717) is 10.0 Å². The van der Waals surface area contributed by atoms with Crippen molar-refractivity contribution in [1.29, 1.82) is 0 Å².